The van der Waals surface area contributed by atoms with Crippen molar-refractivity contribution < 1.29 is 14.0 Å². The van der Waals surface area contributed by atoms with Crippen molar-refractivity contribution in [2.75, 3.05) is 5.32 Å². The highest BCUT2D eigenvalue weighted by molar-refractivity contribution is 7.14. The Morgan fingerprint density at radius 2 is 1.86 bits per heavy atom. The SMILES string of the molecule is CC(=O)N[C@@H](C)c1ccc(-c2csc(NC(=O)c3ncoc3C(C)C)n2)cc1. The maximum absolute atomic E-state index is 12.5. The zero-order chi connectivity index (χ0) is 20.3. The van der Waals surface area contributed by atoms with Crippen LogP contribution in [0.2, 0.25) is 0 Å². The Kier molecular flexibility index (Phi) is 5.89. The number of aromatic nitrogens is 2. The standard InChI is InChI=1S/C20H22N4O3S/c1-11(2)18-17(21-10-27-18)19(26)24-20-23-16(9-28-20)15-7-5-14(6-8-15)12(3)22-13(4)25/h5-12H,1-4H3,(H,22,25)(H,23,24,26)/t12-/m0/s1. The molecule has 8 heteroatoms. The predicted octanol–water partition coefficient (Wildman–Crippen LogP) is 4.37. The lowest BCUT2D eigenvalue weighted by atomic mass is 10.1. The first-order chi connectivity index (χ1) is 13.3. The number of amides is 2. The molecule has 0 spiro atoms. The molecule has 0 radical (unpaired) electrons. The second kappa shape index (κ2) is 8.35. The highest BCUT2D eigenvalue weighted by Gasteiger charge is 2.20. The highest BCUT2D eigenvalue weighted by atomic mass is 32.1. The van der Waals surface area contributed by atoms with Gasteiger partial charge in [-0.2, -0.15) is 0 Å². The summed E-state index contributed by atoms with van der Waals surface area (Å²) in [5.41, 5.74) is 2.99. The Hall–Kier alpha value is -3.00. The summed E-state index contributed by atoms with van der Waals surface area (Å²) in [5, 5.41) is 8.01. The fourth-order valence-electron chi connectivity index (χ4n) is 2.79. The summed E-state index contributed by atoms with van der Waals surface area (Å²) in [4.78, 5) is 32.1. The van der Waals surface area contributed by atoms with Crippen molar-refractivity contribution in [2.24, 2.45) is 0 Å². The first kappa shape index (κ1) is 19.8. The predicted molar refractivity (Wildman–Crippen MR) is 108 cm³/mol. The largest absolute Gasteiger partial charge is 0.447 e. The first-order valence-electron chi connectivity index (χ1n) is 8.93. The number of carbonyl (C=O) groups excluding carboxylic acids is 2. The monoisotopic (exact) mass is 398 g/mol. The van der Waals surface area contributed by atoms with Crippen LogP contribution >= 0.6 is 11.3 Å². The van der Waals surface area contributed by atoms with Crippen molar-refractivity contribution in [3.63, 3.8) is 0 Å². The fraction of sp³-hybridized carbons (Fsp3) is 0.300. The van der Waals surface area contributed by atoms with Gasteiger partial charge in [0.1, 0.15) is 5.76 Å². The molecule has 0 fully saturated rings. The molecule has 0 saturated carbocycles. The molecular formula is C20H22N4O3S. The van der Waals surface area contributed by atoms with Gasteiger partial charge < -0.3 is 9.73 Å². The van der Waals surface area contributed by atoms with E-state index in [1.54, 1.807) is 0 Å². The van der Waals surface area contributed by atoms with Gasteiger partial charge in [0.25, 0.3) is 5.91 Å². The second-order valence-electron chi connectivity index (χ2n) is 6.76. The maximum Gasteiger partial charge on any atom is 0.279 e. The molecule has 0 unspecified atom stereocenters. The van der Waals surface area contributed by atoms with E-state index in [1.807, 2.05) is 50.4 Å². The van der Waals surface area contributed by atoms with E-state index in [9.17, 15) is 9.59 Å². The molecule has 28 heavy (non-hydrogen) atoms. The molecule has 0 saturated heterocycles. The van der Waals surface area contributed by atoms with Crippen LogP contribution in [0.25, 0.3) is 11.3 Å². The van der Waals surface area contributed by atoms with E-state index in [4.69, 9.17) is 4.42 Å². The average Bonchev–Trinajstić information content (AvgIpc) is 3.30. The number of hydrogen-bond donors (Lipinski definition) is 2. The van der Waals surface area contributed by atoms with E-state index in [1.165, 1.54) is 24.7 Å². The molecule has 7 nitrogen and oxygen atoms in total. The number of benzene rings is 1. The zero-order valence-electron chi connectivity index (χ0n) is 16.1. The minimum absolute atomic E-state index is 0.0607. The van der Waals surface area contributed by atoms with Crippen molar-refractivity contribution in [1.82, 2.24) is 15.3 Å². The van der Waals surface area contributed by atoms with Crippen LogP contribution in [0, 0.1) is 0 Å². The second-order valence-corrected chi connectivity index (χ2v) is 7.61. The highest BCUT2D eigenvalue weighted by Crippen LogP contribution is 2.27. The van der Waals surface area contributed by atoms with Crippen molar-refractivity contribution >= 4 is 28.3 Å². The van der Waals surface area contributed by atoms with Gasteiger partial charge in [-0.1, -0.05) is 38.1 Å². The summed E-state index contributed by atoms with van der Waals surface area (Å²) in [7, 11) is 0. The number of nitrogens with zero attached hydrogens (tertiary/aromatic N) is 2. The molecule has 0 aliphatic rings. The molecule has 2 aromatic heterocycles. The summed E-state index contributed by atoms with van der Waals surface area (Å²) in [5.74, 6) is 0.216. The van der Waals surface area contributed by atoms with Gasteiger partial charge in [-0.05, 0) is 12.5 Å². The van der Waals surface area contributed by atoms with E-state index in [2.05, 4.69) is 20.6 Å². The van der Waals surface area contributed by atoms with Crippen molar-refractivity contribution in [1.29, 1.82) is 0 Å². The number of oxazole rings is 1. The van der Waals surface area contributed by atoms with Gasteiger partial charge in [0, 0.05) is 23.8 Å². The van der Waals surface area contributed by atoms with Crippen LogP contribution in [0.3, 0.4) is 0 Å². The van der Waals surface area contributed by atoms with Gasteiger partial charge in [-0.25, -0.2) is 9.97 Å². The average molecular weight is 398 g/mol. The Morgan fingerprint density at radius 1 is 1.14 bits per heavy atom. The Morgan fingerprint density at radius 3 is 2.50 bits per heavy atom. The summed E-state index contributed by atoms with van der Waals surface area (Å²) in [6.45, 7) is 7.31. The number of thiazole rings is 1. The summed E-state index contributed by atoms with van der Waals surface area (Å²) >= 11 is 1.34. The molecule has 3 rings (SSSR count). The zero-order valence-corrected chi connectivity index (χ0v) is 17.0. The van der Waals surface area contributed by atoms with Crippen LogP contribution in [0.15, 0.2) is 40.5 Å². The number of nitrogens with one attached hydrogen (secondary N) is 2. The van der Waals surface area contributed by atoms with Gasteiger partial charge in [0.15, 0.2) is 17.2 Å². The van der Waals surface area contributed by atoms with Gasteiger partial charge >= 0.3 is 0 Å². The molecule has 0 aliphatic heterocycles. The number of hydrogen-bond acceptors (Lipinski definition) is 6. The lowest BCUT2D eigenvalue weighted by molar-refractivity contribution is -0.119. The Balaban J connectivity index is 1.71. The van der Waals surface area contributed by atoms with E-state index >= 15 is 0 Å². The third kappa shape index (κ3) is 4.45. The van der Waals surface area contributed by atoms with Crippen molar-refractivity contribution in [3.8, 4) is 11.3 Å². The third-order valence-corrected chi connectivity index (χ3v) is 4.94. The Labute approximate surface area is 167 Å². The fourth-order valence-corrected chi connectivity index (χ4v) is 3.50. The number of rotatable bonds is 6. The van der Waals surface area contributed by atoms with E-state index in [0.29, 0.717) is 10.9 Å². The lowest BCUT2D eigenvalue weighted by Gasteiger charge is -2.13. The summed E-state index contributed by atoms with van der Waals surface area (Å²) in [6.07, 6.45) is 1.28. The summed E-state index contributed by atoms with van der Waals surface area (Å²) in [6, 6.07) is 7.75. The van der Waals surface area contributed by atoms with Crippen LogP contribution in [0.5, 0.6) is 0 Å². The normalized spacial score (nSPS) is 12.0. The van der Waals surface area contributed by atoms with E-state index < -0.39 is 0 Å². The van der Waals surface area contributed by atoms with E-state index in [0.717, 1.165) is 16.8 Å². The molecule has 0 bridgehead atoms. The smallest absolute Gasteiger partial charge is 0.279 e. The quantitative estimate of drug-likeness (QED) is 0.642. The minimum atomic E-state index is -0.335. The molecule has 2 heterocycles. The Bertz CT molecular complexity index is 976. The van der Waals surface area contributed by atoms with Crippen LogP contribution in [-0.2, 0) is 4.79 Å². The van der Waals surface area contributed by atoms with Crippen molar-refractivity contribution in [3.05, 3.63) is 53.1 Å². The van der Waals surface area contributed by atoms with Crippen LogP contribution in [0.4, 0.5) is 5.13 Å². The molecule has 1 aromatic carbocycles. The van der Waals surface area contributed by atoms with Gasteiger partial charge in [-0.3, -0.25) is 14.9 Å². The molecule has 146 valence electrons. The van der Waals surface area contributed by atoms with E-state index in [-0.39, 0.29) is 29.5 Å². The number of anilines is 1. The van der Waals surface area contributed by atoms with Gasteiger partial charge in [0.2, 0.25) is 5.91 Å². The molecule has 2 N–H and O–H groups in total. The minimum Gasteiger partial charge on any atom is -0.447 e. The summed E-state index contributed by atoms with van der Waals surface area (Å²) < 4.78 is 5.30. The maximum atomic E-state index is 12.5. The van der Waals surface area contributed by atoms with Gasteiger partial charge in [-0.15, -0.1) is 11.3 Å². The molecule has 2 amide bonds. The van der Waals surface area contributed by atoms with Crippen LogP contribution in [-0.4, -0.2) is 21.8 Å². The topological polar surface area (TPSA) is 97.1 Å². The number of carbonyl (C=O) groups is 2. The molecular weight excluding hydrogens is 376 g/mol. The molecule has 1 atom stereocenters. The lowest BCUT2D eigenvalue weighted by Crippen LogP contribution is -2.23. The molecule has 0 aliphatic carbocycles. The first-order valence-corrected chi connectivity index (χ1v) is 9.80. The third-order valence-electron chi connectivity index (χ3n) is 4.19. The van der Waals surface area contributed by atoms with Crippen molar-refractivity contribution in [2.45, 2.75) is 39.7 Å². The van der Waals surface area contributed by atoms with Gasteiger partial charge in [0.05, 0.1) is 11.7 Å². The van der Waals surface area contributed by atoms with Crippen LogP contribution in [0.1, 0.15) is 61.5 Å². The molecule has 3 aromatic rings. The van der Waals surface area contributed by atoms with Crippen LogP contribution < -0.4 is 10.6 Å².